The molecular formula is C28H30ClFN4. The molecule has 1 saturated carbocycles. The van der Waals surface area contributed by atoms with Crippen LogP contribution in [-0.2, 0) is 7.05 Å². The topological polar surface area (TPSA) is 24.3 Å². The SMILES string of the molecule is Cn1cc(C2CCC(N3CCN(c4cc(Cl)cc5cccnc45)CC3)CC2)c2cc(F)ccc21. The van der Waals surface area contributed by atoms with Gasteiger partial charge in [0.25, 0.3) is 0 Å². The van der Waals surface area contributed by atoms with Gasteiger partial charge in [-0.3, -0.25) is 9.88 Å². The molecule has 34 heavy (non-hydrogen) atoms. The van der Waals surface area contributed by atoms with Gasteiger partial charge in [-0.25, -0.2) is 4.39 Å². The highest BCUT2D eigenvalue weighted by Crippen LogP contribution is 2.39. The van der Waals surface area contributed by atoms with Crippen LogP contribution in [0, 0.1) is 5.82 Å². The van der Waals surface area contributed by atoms with Crippen molar-refractivity contribution in [1.29, 1.82) is 0 Å². The number of pyridine rings is 1. The maximum atomic E-state index is 13.9. The third-order valence-corrected chi connectivity index (χ3v) is 8.16. The molecule has 0 unspecified atom stereocenters. The summed E-state index contributed by atoms with van der Waals surface area (Å²) in [4.78, 5) is 9.75. The van der Waals surface area contributed by atoms with E-state index in [-0.39, 0.29) is 5.82 Å². The third-order valence-electron chi connectivity index (χ3n) is 7.94. The minimum Gasteiger partial charge on any atom is -0.367 e. The lowest BCUT2D eigenvalue weighted by Crippen LogP contribution is -2.51. The predicted octanol–water partition coefficient (Wildman–Crippen LogP) is 6.37. The van der Waals surface area contributed by atoms with Crippen LogP contribution in [0.4, 0.5) is 10.1 Å². The van der Waals surface area contributed by atoms with E-state index in [1.165, 1.54) is 31.2 Å². The Morgan fingerprint density at radius 3 is 2.56 bits per heavy atom. The molecule has 6 heteroatoms. The summed E-state index contributed by atoms with van der Waals surface area (Å²) in [6, 6.07) is 13.9. The number of piperazine rings is 1. The molecule has 0 spiro atoms. The first-order valence-electron chi connectivity index (χ1n) is 12.3. The van der Waals surface area contributed by atoms with Crippen LogP contribution in [0.3, 0.4) is 0 Å². The van der Waals surface area contributed by atoms with Crippen molar-refractivity contribution >= 4 is 39.1 Å². The fraction of sp³-hybridized carbons (Fsp3) is 0.393. The normalized spacial score (nSPS) is 22.0. The molecule has 0 bridgehead atoms. The highest BCUT2D eigenvalue weighted by Gasteiger charge is 2.30. The van der Waals surface area contributed by atoms with E-state index >= 15 is 0 Å². The van der Waals surface area contributed by atoms with E-state index in [0.29, 0.717) is 12.0 Å². The van der Waals surface area contributed by atoms with E-state index in [2.05, 4.69) is 44.7 Å². The number of hydrogen-bond acceptors (Lipinski definition) is 3. The first-order valence-corrected chi connectivity index (χ1v) is 12.7. The van der Waals surface area contributed by atoms with Gasteiger partial charge in [-0.2, -0.15) is 0 Å². The second-order valence-electron chi connectivity index (χ2n) is 9.89. The number of nitrogens with zero attached hydrogens (tertiary/aromatic N) is 4. The number of aryl methyl sites for hydroxylation is 1. The highest BCUT2D eigenvalue weighted by atomic mass is 35.5. The van der Waals surface area contributed by atoms with E-state index < -0.39 is 0 Å². The van der Waals surface area contributed by atoms with Gasteiger partial charge in [0.1, 0.15) is 5.82 Å². The summed E-state index contributed by atoms with van der Waals surface area (Å²) in [7, 11) is 2.06. The minimum absolute atomic E-state index is 0.144. The Morgan fingerprint density at radius 1 is 0.971 bits per heavy atom. The molecule has 2 fully saturated rings. The lowest BCUT2D eigenvalue weighted by atomic mass is 9.81. The summed E-state index contributed by atoms with van der Waals surface area (Å²) in [5.74, 6) is 0.376. The quantitative estimate of drug-likeness (QED) is 0.343. The smallest absolute Gasteiger partial charge is 0.123 e. The summed E-state index contributed by atoms with van der Waals surface area (Å²) < 4.78 is 16.1. The van der Waals surface area contributed by atoms with Gasteiger partial charge < -0.3 is 9.47 Å². The Hall–Kier alpha value is -2.63. The first-order chi connectivity index (χ1) is 16.6. The van der Waals surface area contributed by atoms with Crippen molar-refractivity contribution in [3.8, 4) is 0 Å². The Bertz CT molecular complexity index is 1330. The Labute approximate surface area is 204 Å². The monoisotopic (exact) mass is 476 g/mol. The summed E-state index contributed by atoms with van der Waals surface area (Å²) in [5, 5.41) is 2.95. The van der Waals surface area contributed by atoms with Crippen LogP contribution in [0.5, 0.6) is 0 Å². The zero-order valence-corrected chi connectivity index (χ0v) is 20.3. The second kappa shape index (κ2) is 8.86. The van der Waals surface area contributed by atoms with E-state index in [9.17, 15) is 4.39 Å². The maximum absolute atomic E-state index is 13.9. The number of rotatable bonds is 3. The van der Waals surface area contributed by atoms with E-state index in [0.717, 1.165) is 58.7 Å². The number of hydrogen-bond donors (Lipinski definition) is 0. The van der Waals surface area contributed by atoms with Crippen molar-refractivity contribution < 1.29 is 4.39 Å². The molecular weight excluding hydrogens is 447 g/mol. The van der Waals surface area contributed by atoms with Crippen LogP contribution in [0.1, 0.15) is 37.2 Å². The molecule has 1 aliphatic heterocycles. The predicted molar refractivity (Wildman–Crippen MR) is 138 cm³/mol. The maximum Gasteiger partial charge on any atom is 0.123 e. The number of anilines is 1. The first kappa shape index (κ1) is 21.9. The van der Waals surface area contributed by atoms with Gasteiger partial charge in [-0.1, -0.05) is 17.7 Å². The van der Waals surface area contributed by atoms with Gasteiger partial charge in [0.15, 0.2) is 0 Å². The number of halogens is 2. The molecule has 6 rings (SSSR count). The molecule has 2 aromatic carbocycles. The van der Waals surface area contributed by atoms with Crippen molar-refractivity contribution in [2.24, 2.45) is 7.05 Å². The number of fused-ring (bicyclic) bond motifs is 2. The molecule has 1 aliphatic carbocycles. The molecule has 0 amide bonds. The Balaban J connectivity index is 1.11. The number of aromatic nitrogens is 2. The zero-order valence-electron chi connectivity index (χ0n) is 19.6. The van der Waals surface area contributed by atoms with Gasteiger partial charge in [-0.15, -0.1) is 0 Å². The molecule has 176 valence electrons. The van der Waals surface area contributed by atoms with E-state index in [1.807, 2.05) is 24.4 Å². The van der Waals surface area contributed by atoms with Gasteiger partial charge in [0.2, 0.25) is 0 Å². The summed E-state index contributed by atoms with van der Waals surface area (Å²) in [6.07, 6.45) is 8.83. The standard InChI is InChI=1S/C28H30ClFN4/c1-32-18-25(24-17-22(30)6-9-26(24)32)19-4-7-23(8-5-19)33-11-13-34(14-12-33)27-16-21(29)15-20-3-2-10-31-28(20)27/h2-3,6,9-10,15-19,23H,4-5,7-8,11-14H2,1H3. The van der Waals surface area contributed by atoms with Crippen LogP contribution in [-0.4, -0.2) is 46.7 Å². The average Bonchev–Trinajstić information content (AvgIpc) is 3.19. The van der Waals surface area contributed by atoms with E-state index in [4.69, 9.17) is 11.6 Å². The fourth-order valence-corrected chi connectivity index (χ4v) is 6.40. The lowest BCUT2D eigenvalue weighted by molar-refractivity contribution is 0.141. The van der Waals surface area contributed by atoms with Gasteiger partial charge in [0.05, 0.1) is 11.2 Å². The molecule has 2 aromatic heterocycles. The summed E-state index contributed by atoms with van der Waals surface area (Å²) >= 11 is 6.42. The van der Waals surface area contributed by atoms with Gasteiger partial charge in [0, 0.05) is 73.0 Å². The van der Waals surface area contributed by atoms with Crippen LogP contribution in [0.25, 0.3) is 21.8 Å². The highest BCUT2D eigenvalue weighted by molar-refractivity contribution is 6.31. The summed E-state index contributed by atoms with van der Waals surface area (Å²) in [5.41, 5.74) is 4.63. The fourth-order valence-electron chi connectivity index (χ4n) is 6.18. The van der Waals surface area contributed by atoms with E-state index in [1.54, 1.807) is 12.1 Å². The number of benzene rings is 2. The minimum atomic E-state index is -0.144. The lowest BCUT2D eigenvalue weighted by Gasteiger charge is -2.42. The Kier molecular flexibility index (Phi) is 5.70. The molecule has 2 aliphatic rings. The van der Waals surface area contributed by atoms with Crippen molar-refractivity contribution in [3.05, 3.63) is 71.3 Å². The van der Waals surface area contributed by atoms with Crippen molar-refractivity contribution in [2.45, 2.75) is 37.6 Å². The second-order valence-corrected chi connectivity index (χ2v) is 10.3. The third kappa shape index (κ3) is 3.95. The van der Waals surface area contributed by atoms with Crippen LogP contribution in [0.15, 0.2) is 54.9 Å². The zero-order chi connectivity index (χ0) is 23.2. The molecule has 0 radical (unpaired) electrons. The molecule has 0 N–H and O–H groups in total. The molecule has 4 aromatic rings. The van der Waals surface area contributed by atoms with Crippen molar-refractivity contribution in [3.63, 3.8) is 0 Å². The average molecular weight is 477 g/mol. The van der Waals surface area contributed by atoms with Gasteiger partial charge in [-0.05, 0) is 73.6 Å². The van der Waals surface area contributed by atoms with Crippen LogP contribution in [0.2, 0.25) is 5.02 Å². The summed E-state index contributed by atoms with van der Waals surface area (Å²) in [6.45, 7) is 4.12. The molecule has 3 heterocycles. The Morgan fingerprint density at radius 2 is 1.76 bits per heavy atom. The largest absolute Gasteiger partial charge is 0.367 e. The van der Waals surface area contributed by atoms with Crippen molar-refractivity contribution in [1.82, 2.24) is 14.5 Å². The van der Waals surface area contributed by atoms with Crippen LogP contribution < -0.4 is 4.90 Å². The molecule has 4 nitrogen and oxygen atoms in total. The molecule has 0 atom stereocenters. The van der Waals surface area contributed by atoms with Crippen molar-refractivity contribution in [2.75, 3.05) is 31.1 Å². The van der Waals surface area contributed by atoms with Crippen LogP contribution >= 0.6 is 11.6 Å². The molecule has 1 saturated heterocycles. The van der Waals surface area contributed by atoms with Gasteiger partial charge >= 0.3 is 0 Å².